The maximum atomic E-state index is 11.0. The third-order valence-electron chi connectivity index (χ3n) is 1.72. The number of Topliss-reactive ketones (excluding diaryl/α,β-unsaturated/α-hetero) is 2. The van der Waals surface area contributed by atoms with Crippen LogP contribution in [-0.4, -0.2) is 36.2 Å². The fraction of sp³-hybridized carbons (Fsp3) is 0.778. The molecule has 1 atom stereocenters. The first-order chi connectivity index (χ1) is 6.07. The molecule has 0 heterocycles. The Labute approximate surface area is 83.7 Å². The predicted octanol–water partition coefficient (Wildman–Crippen LogP) is 0.876. The standard InChI is InChI=1S/C9H17NO2S/c1-7(11)4-5-13-6-9(10-3)8(2)12/h9-10H,4-6H2,1-3H3. The van der Waals surface area contributed by atoms with Crippen molar-refractivity contribution < 1.29 is 9.59 Å². The second-order valence-corrected chi connectivity index (χ2v) is 4.13. The van der Waals surface area contributed by atoms with Crippen LogP contribution in [0.15, 0.2) is 0 Å². The highest BCUT2D eigenvalue weighted by Gasteiger charge is 2.10. The molecule has 0 aliphatic rings. The molecule has 0 aliphatic heterocycles. The Morgan fingerprint density at radius 2 is 2.00 bits per heavy atom. The second-order valence-electron chi connectivity index (χ2n) is 2.98. The monoisotopic (exact) mass is 203 g/mol. The molecule has 1 N–H and O–H groups in total. The smallest absolute Gasteiger partial charge is 0.147 e. The van der Waals surface area contributed by atoms with Crippen LogP contribution in [0, 0.1) is 0 Å². The summed E-state index contributed by atoms with van der Waals surface area (Å²) in [4.78, 5) is 21.6. The SMILES string of the molecule is CNC(CSCCC(C)=O)C(C)=O. The molecule has 0 bridgehead atoms. The molecule has 0 aliphatic carbocycles. The van der Waals surface area contributed by atoms with Gasteiger partial charge in [-0.25, -0.2) is 0 Å². The molecule has 0 aromatic heterocycles. The van der Waals surface area contributed by atoms with Gasteiger partial charge in [0.05, 0.1) is 6.04 Å². The van der Waals surface area contributed by atoms with Gasteiger partial charge < -0.3 is 5.32 Å². The molecule has 1 unspecified atom stereocenters. The van der Waals surface area contributed by atoms with E-state index in [0.717, 1.165) is 11.5 Å². The normalized spacial score (nSPS) is 12.5. The summed E-state index contributed by atoms with van der Waals surface area (Å²) in [5.74, 6) is 1.91. The van der Waals surface area contributed by atoms with E-state index in [0.29, 0.717) is 6.42 Å². The maximum Gasteiger partial charge on any atom is 0.147 e. The minimum Gasteiger partial charge on any atom is -0.310 e. The van der Waals surface area contributed by atoms with Crippen molar-refractivity contribution in [3.05, 3.63) is 0 Å². The lowest BCUT2D eigenvalue weighted by molar-refractivity contribution is -0.118. The Morgan fingerprint density at radius 3 is 2.38 bits per heavy atom. The van der Waals surface area contributed by atoms with Crippen molar-refractivity contribution in [3.8, 4) is 0 Å². The lowest BCUT2D eigenvalue weighted by Crippen LogP contribution is -2.34. The summed E-state index contributed by atoms with van der Waals surface area (Å²) in [7, 11) is 1.78. The third-order valence-corrected chi connectivity index (χ3v) is 2.78. The van der Waals surface area contributed by atoms with Crippen LogP contribution in [0.5, 0.6) is 0 Å². The summed E-state index contributed by atoms with van der Waals surface area (Å²) >= 11 is 1.64. The predicted molar refractivity (Wildman–Crippen MR) is 56.2 cm³/mol. The fourth-order valence-electron chi connectivity index (χ4n) is 0.821. The van der Waals surface area contributed by atoms with Crippen LogP contribution in [0.3, 0.4) is 0 Å². The molecule has 0 fully saturated rings. The molecule has 3 nitrogen and oxygen atoms in total. The van der Waals surface area contributed by atoms with E-state index in [-0.39, 0.29) is 17.6 Å². The van der Waals surface area contributed by atoms with Gasteiger partial charge >= 0.3 is 0 Å². The molecular weight excluding hydrogens is 186 g/mol. The molecule has 0 amide bonds. The number of hydrogen-bond donors (Lipinski definition) is 1. The van der Waals surface area contributed by atoms with Gasteiger partial charge in [0.15, 0.2) is 0 Å². The first-order valence-electron chi connectivity index (χ1n) is 4.32. The highest BCUT2D eigenvalue weighted by atomic mass is 32.2. The van der Waals surface area contributed by atoms with E-state index in [4.69, 9.17) is 0 Å². The zero-order chi connectivity index (χ0) is 10.3. The molecule has 0 saturated carbocycles. The molecule has 4 heteroatoms. The lowest BCUT2D eigenvalue weighted by atomic mass is 10.2. The maximum absolute atomic E-state index is 11.0. The van der Waals surface area contributed by atoms with Gasteiger partial charge in [-0.15, -0.1) is 0 Å². The van der Waals surface area contributed by atoms with Crippen molar-refractivity contribution in [2.24, 2.45) is 0 Å². The van der Waals surface area contributed by atoms with Crippen molar-refractivity contribution in [2.45, 2.75) is 26.3 Å². The molecule has 0 saturated heterocycles. The van der Waals surface area contributed by atoms with Crippen LogP contribution in [-0.2, 0) is 9.59 Å². The number of hydrogen-bond acceptors (Lipinski definition) is 4. The van der Waals surface area contributed by atoms with E-state index in [9.17, 15) is 9.59 Å². The average Bonchev–Trinajstić information content (AvgIpc) is 2.03. The van der Waals surface area contributed by atoms with Gasteiger partial charge in [0.1, 0.15) is 11.6 Å². The lowest BCUT2D eigenvalue weighted by Gasteiger charge is -2.11. The molecule has 13 heavy (non-hydrogen) atoms. The van der Waals surface area contributed by atoms with Gasteiger partial charge in [0, 0.05) is 17.9 Å². The van der Waals surface area contributed by atoms with Crippen molar-refractivity contribution in [1.82, 2.24) is 5.32 Å². The quantitative estimate of drug-likeness (QED) is 0.624. The van der Waals surface area contributed by atoms with Gasteiger partial charge in [-0.05, 0) is 20.9 Å². The van der Waals surface area contributed by atoms with E-state index in [1.54, 1.807) is 32.7 Å². The number of ketones is 2. The molecule has 76 valence electrons. The average molecular weight is 203 g/mol. The highest BCUT2D eigenvalue weighted by Crippen LogP contribution is 2.05. The van der Waals surface area contributed by atoms with Gasteiger partial charge in [0.25, 0.3) is 0 Å². The summed E-state index contributed by atoms with van der Waals surface area (Å²) in [5.41, 5.74) is 0. The second kappa shape index (κ2) is 7.09. The number of carbonyl (C=O) groups is 2. The van der Waals surface area contributed by atoms with Crippen molar-refractivity contribution >= 4 is 23.3 Å². The van der Waals surface area contributed by atoms with Gasteiger partial charge in [-0.2, -0.15) is 11.8 Å². The number of thioether (sulfide) groups is 1. The van der Waals surface area contributed by atoms with Crippen LogP contribution in [0.2, 0.25) is 0 Å². The van der Waals surface area contributed by atoms with Crippen LogP contribution in [0.25, 0.3) is 0 Å². The minimum absolute atomic E-state index is 0.0723. The Bertz CT molecular complexity index is 182. The molecule has 0 radical (unpaired) electrons. The Hall–Kier alpha value is -0.350. The van der Waals surface area contributed by atoms with E-state index in [1.807, 2.05) is 0 Å². The summed E-state index contributed by atoms with van der Waals surface area (Å²) in [5, 5.41) is 2.93. The number of nitrogens with one attached hydrogen (secondary N) is 1. The first kappa shape index (κ1) is 12.7. The Morgan fingerprint density at radius 1 is 1.38 bits per heavy atom. The van der Waals surface area contributed by atoms with Crippen LogP contribution >= 0.6 is 11.8 Å². The van der Waals surface area contributed by atoms with Crippen molar-refractivity contribution in [3.63, 3.8) is 0 Å². The van der Waals surface area contributed by atoms with E-state index in [1.165, 1.54) is 0 Å². The number of rotatable bonds is 7. The zero-order valence-electron chi connectivity index (χ0n) is 8.42. The van der Waals surface area contributed by atoms with Crippen LogP contribution in [0.4, 0.5) is 0 Å². The summed E-state index contributed by atoms with van der Waals surface area (Å²) < 4.78 is 0. The van der Waals surface area contributed by atoms with E-state index < -0.39 is 0 Å². The molecule has 0 aromatic rings. The molecule has 0 spiro atoms. The van der Waals surface area contributed by atoms with Crippen molar-refractivity contribution in [2.75, 3.05) is 18.6 Å². The highest BCUT2D eigenvalue weighted by molar-refractivity contribution is 7.99. The van der Waals surface area contributed by atoms with Gasteiger partial charge in [-0.1, -0.05) is 0 Å². The van der Waals surface area contributed by atoms with Gasteiger partial charge in [-0.3, -0.25) is 9.59 Å². The van der Waals surface area contributed by atoms with Crippen LogP contribution < -0.4 is 5.32 Å². The summed E-state index contributed by atoms with van der Waals surface area (Å²) in [6, 6.07) is -0.0723. The van der Waals surface area contributed by atoms with Crippen LogP contribution in [0.1, 0.15) is 20.3 Å². The van der Waals surface area contributed by atoms with Crippen molar-refractivity contribution in [1.29, 1.82) is 0 Å². The van der Waals surface area contributed by atoms with E-state index in [2.05, 4.69) is 5.32 Å². The molecule has 0 aromatic carbocycles. The van der Waals surface area contributed by atoms with Gasteiger partial charge in [0.2, 0.25) is 0 Å². The Kier molecular flexibility index (Phi) is 6.90. The summed E-state index contributed by atoms with van der Waals surface area (Å²) in [6.07, 6.45) is 0.596. The number of carbonyl (C=O) groups excluding carboxylic acids is 2. The molecule has 0 rings (SSSR count). The third kappa shape index (κ3) is 6.78. The Balaban J connectivity index is 3.50. The zero-order valence-corrected chi connectivity index (χ0v) is 9.24. The van der Waals surface area contributed by atoms with E-state index >= 15 is 0 Å². The largest absolute Gasteiger partial charge is 0.310 e. The fourth-order valence-corrected chi connectivity index (χ4v) is 2.06. The number of likely N-dealkylation sites (N-methyl/N-ethyl adjacent to an activating group) is 1. The molecular formula is C9H17NO2S. The minimum atomic E-state index is -0.0723. The summed E-state index contributed by atoms with van der Waals surface area (Å²) in [6.45, 7) is 3.16. The first-order valence-corrected chi connectivity index (χ1v) is 5.48. The topological polar surface area (TPSA) is 46.2 Å².